The molecule has 0 aliphatic carbocycles. The summed E-state index contributed by atoms with van der Waals surface area (Å²) in [6.45, 7) is 0. The zero-order valence-electron chi connectivity index (χ0n) is 9.02. The molecule has 0 radical (unpaired) electrons. The summed E-state index contributed by atoms with van der Waals surface area (Å²) < 4.78 is 26.7. The third-order valence-electron chi connectivity index (χ3n) is 2.50. The predicted octanol–water partition coefficient (Wildman–Crippen LogP) is 3.04. The summed E-state index contributed by atoms with van der Waals surface area (Å²) in [5, 5.41) is 18.5. The molecule has 92 valence electrons. The molecule has 0 aliphatic heterocycles. The minimum absolute atomic E-state index is 0.0699. The number of carboxylic acids is 1. The molecule has 0 aliphatic rings. The van der Waals surface area contributed by atoms with Crippen LogP contribution in [-0.4, -0.2) is 16.2 Å². The van der Waals surface area contributed by atoms with Gasteiger partial charge in [0.15, 0.2) is 11.6 Å². The number of carbonyl (C=O) groups is 1. The summed E-state index contributed by atoms with van der Waals surface area (Å²) in [5.41, 5.74) is -0.732. The minimum atomic E-state index is -1.41. The quantitative estimate of drug-likeness (QED) is 0.861. The topological polar surface area (TPSA) is 57.5 Å². The van der Waals surface area contributed by atoms with E-state index in [2.05, 4.69) is 0 Å². The summed E-state index contributed by atoms with van der Waals surface area (Å²) in [6.07, 6.45) is 0. The highest BCUT2D eigenvalue weighted by Crippen LogP contribution is 2.32. The molecule has 0 fully saturated rings. The maximum atomic E-state index is 13.6. The van der Waals surface area contributed by atoms with Crippen LogP contribution >= 0.6 is 0 Å². The summed E-state index contributed by atoms with van der Waals surface area (Å²) >= 11 is 0. The standard InChI is InChI=1S/C13H8F2O3/c14-9-5-1-4-8(12(9)15)7-3-2-6-10(16)11(7)13(17)18/h1-6,16H,(H,17,18). The van der Waals surface area contributed by atoms with E-state index < -0.39 is 28.9 Å². The lowest BCUT2D eigenvalue weighted by molar-refractivity contribution is 0.0694. The van der Waals surface area contributed by atoms with Gasteiger partial charge in [-0.3, -0.25) is 0 Å². The van der Waals surface area contributed by atoms with Gasteiger partial charge in [0.05, 0.1) is 0 Å². The van der Waals surface area contributed by atoms with Gasteiger partial charge in [-0.2, -0.15) is 0 Å². The summed E-state index contributed by atoms with van der Waals surface area (Å²) in [6, 6.07) is 7.29. The number of hydrogen-bond acceptors (Lipinski definition) is 2. The molecule has 0 heterocycles. The van der Waals surface area contributed by atoms with Crippen LogP contribution in [0.1, 0.15) is 10.4 Å². The van der Waals surface area contributed by atoms with Gasteiger partial charge in [-0.05, 0) is 12.1 Å². The fraction of sp³-hybridized carbons (Fsp3) is 0. The number of aromatic carboxylic acids is 1. The number of halogens is 2. The van der Waals surface area contributed by atoms with E-state index in [9.17, 15) is 18.7 Å². The van der Waals surface area contributed by atoms with E-state index >= 15 is 0 Å². The molecular weight excluding hydrogens is 242 g/mol. The fourth-order valence-corrected chi connectivity index (χ4v) is 1.70. The molecule has 0 amide bonds. The molecule has 0 aromatic heterocycles. The Morgan fingerprint density at radius 1 is 1.00 bits per heavy atom. The fourth-order valence-electron chi connectivity index (χ4n) is 1.70. The van der Waals surface area contributed by atoms with Crippen molar-refractivity contribution in [3.8, 4) is 16.9 Å². The molecule has 2 aromatic carbocycles. The zero-order chi connectivity index (χ0) is 13.3. The number of benzene rings is 2. The van der Waals surface area contributed by atoms with Crippen molar-refractivity contribution in [1.82, 2.24) is 0 Å². The van der Waals surface area contributed by atoms with Crippen molar-refractivity contribution in [2.24, 2.45) is 0 Å². The van der Waals surface area contributed by atoms with Gasteiger partial charge in [0, 0.05) is 11.1 Å². The van der Waals surface area contributed by atoms with E-state index in [1.165, 1.54) is 30.3 Å². The molecule has 0 saturated carbocycles. The molecule has 0 unspecified atom stereocenters. The summed E-state index contributed by atoms with van der Waals surface area (Å²) in [4.78, 5) is 11.0. The van der Waals surface area contributed by atoms with Crippen LogP contribution in [0, 0.1) is 11.6 Å². The summed E-state index contributed by atoms with van der Waals surface area (Å²) in [5.74, 6) is -4.13. The monoisotopic (exact) mass is 250 g/mol. The van der Waals surface area contributed by atoms with E-state index in [0.29, 0.717) is 0 Å². The Morgan fingerprint density at radius 3 is 2.28 bits per heavy atom. The van der Waals surface area contributed by atoms with E-state index in [0.717, 1.165) is 6.07 Å². The average molecular weight is 250 g/mol. The third-order valence-corrected chi connectivity index (χ3v) is 2.50. The molecule has 2 rings (SSSR count). The smallest absolute Gasteiger partial charge is 0.340 e. The first-order chi connectivity index (χ1) is 8.52. The first-order valence-electron chi connectivity index (χ1n) is 5.02. The second-order valence-corrected chi connectivity index (χ2v) is 3.61. The lowest BCUT2D eigenvalue weighted by Gasteiger charge is -2.09. The molecule has 5 heteroatoms. The molecule has 0 atom stereocenters. The first kappa shape index (κ1) is 12.0. The van der Waals surface area contributed by atoms with Crippen molar-refractivity contribution >= 4 is 5.97 Å². The Hall–Kier alpha value is -2.43. The second-order valence-electron chi connectivity index (χ2n) is 3.61. The highest BCUT2D eigenvalue weighted by atomic mass is 19.2. The van der Waals surface area contributed by atoms with Crippen LogP contribution in [0.2, 0.25) is 0 Å². The number of carboxylic acid groups (broad SMARTS) is 1. The molecule has 0 saturated heterocycles. The van der Waals surface area contributed by atoms with Crippen LogP contribution in [0.4, 0.5) is 8.78 Å². The van der Waals surface area contributed by atoms with Crippen molar-refractivity contribution in [3.63, 3.8) is 0 Å². The van der Waals surface area contributed by atoms with Gasteiger partial charge in [-0.15, -0.1) is 0 Å². The Labute approximate surface area is 101 Å². The Kier molecular flexibility index (Phi) is 2.97. The van der Waals surface area contributed by atoms with Gasteiger partial charge in [-0.1, -0.05) is 24.3 Å². The van der Waals surface area contributed by atoms with Gasteiger partial charge < -0.3 is 10.2 Å². The van der Waals surface area contributed by atoms with Crippen LogP contribution < -0.4 is 0 Å². The van der Waals surface area contributed by atoms with Crippen LogP contribution in [-0.2, 0) is 0 Å². The highest BCUT2D eigenvalue weighted by molar-refractivity contribution is 5.98. The van der Waals surface area contributed by atoms with Gasteiger partial charge >= 0.3 is 5.97 Å². The van der Waals surface area contributed by atoms with Gasteiger partial charge in [0.2, 0.25) is 0 Å². The van der Waals surface area contributed by atoms with Gasteiger partial charge in [0.1, 0.15) is 11.3 Å². The molecule has 2 aromatic rings. The average Bonchev–Trinajstić information content (AvgIpc) is 2.32. The van der Waals surface area contributed by atoms with Crippen molar-refractivity contribution in [2.45, 2.75) is 0 Å². The number of phenols is 1. The SMILES string of the molecule is O=C(O)c1c(O)cccc1-c1cccc(F)c1F. The van der Waals surface area contributed by atoms with Gasteiger partial charge in [-0.25, -0.2) is 13.6 Å². The Morgan fingerprint density at radius 2 is 1.61 bits per heavy atom. The lowest BCUT2D eigenvalue weighted by atomic mass is 9.98. The van der Waals surface area contributed by atoms with Crippen LogP contribution in [0.3, 0.4) is 0 Å². The molecule has 18 heavy (non-hydrogen) atoms. The van der Waals surface area contributed by atoms with Crippen molar-refractivity contribution in [3.05, 3.63) is 53.6 Å². The molecule has 0 bridgehead atoms. The third kappa shape index (κ3) is 1.90. The lowest BCUT2D eigenvalue weighted by Crippen LogP contribution is -2.01. The largest absolute Gasteiger partial charge is 0.507 e. The maximum absolute atomic E-state index is 13.6. The van der Waals surface area contributed by atoms with Gasteiger partial charge in [0.25, 0.3) is 0 Å². The summed E-state index contributed by atoms with van der Waals surface area (Å²) in [7, 11) is 0. The minimum Gasteiger partial charge on any atom is -0.507 e. The molecule has 2 N–H and O–H groups in total. The van der Waals surface area contributed by atoms with E-state index in [-0.39, 0.29) is 11.1 Å². The first-order valence-corrected chi connectivity index (χ1v) is 5.02. The second kappa shape index (κ2) is 4.44. The Balaban J connectivity index is 2.75. The predicted molar refractivity (Wildman–Crippen MR) is 60.4 cm³/mol. The number of rotatable bonds is 2. The maximum Gasteiger partial charge on any atom is 0.340 e. The van der Waals surface area contributed by atoms with Crippen molar-refractivity contribution < 1.29 is 23.8 Å². The van der Waals surface area contributed by atoms with E-state index in [1.54, 1.807) is 0 Å². The highest BCUT2D eigenvalue weighted by Gasteiger charge is 2.19. The number of hydrogen-bond donors (Lipinski definition) is 2. The normalized spacial score (nSPS) is 10.3. The molecule has 0 spiro atoms. The van der Waals surface area contributed by atoms with E-state index in [1.807, 2.05) is 0 Å². The molecular formula is C13H8F2O3. The Bertz CT molecular complexity index is 624. The van der Waals surface area contributed by atoms with Crippen LogP contribution in [0.25, 0.3) is 11.1 Å². The van der Waals surface area contributed by atoms with Crippen molar-refractivity contribution in [1.29, 1.82) is 0 Å². The number of aromatic hydroxyl groups is 1. The van der Waals surface area contributed by atoms with Crippen LogP contribution in [0.5, 0.6) is 5.75 Å². The zero-order valence-corrected chi connectivity index (χ0v) is 9.02. The molecule has 3 nitrogen and oxygen atoms in total. The van der Waals surface area contributed by atoms with Crippen LogP contribution in [0.15, 0.2) is 36.4 Å². The van der Waals surface area contributed by atoms with Crippen molar-refractivity contribution in [2.75, 3.05) is 0 Å². The van der Waals surface area contributed by atoms with E-state index in [4.69, 9.17) is 5.11 Å².